The summed E-state index contributed by atoms with van der Waals surface area (Å²) in [5.41, 5.74) is 0. The number of hydrogen-bond acceptors (Lipinski definition) is 3. The molecule has 3 N–H and O–H groups in total. The first-order chi connectivity index (χ1) is 5.65. The Morgan fingerprint density at radius 1 is 1.42 bits per heavy atom. The van der Waals surface area contributed by atoms with Crippen molar-refractivity contribution in [1.82, 2.24) is 5.32 Å². The van der Waals surface area contributed by atoms with E-state index in [1.165, 1.54) is 0 Å². The molecule has 72 valence electrons. The van der Waals surface area contributed by atoms with Crippen molar-refractivity contribution in [3.8, 4) is 0 Å². The first kappa shape index (κ1) is 11.4. The van der Waals surface area contributed by atoms with Gasteiger partial charge in [-0.15, -0.1) is 0 Å². The van der Waals surface area contributed by atoms with E-state index in [1.807, 2.05) is 6.92 Å². The standard InChI is InChI=1S/C8H17NO3/c1-3-6(5-10)9-7(4-2)8(11)12/h6-7,9-10H,3-5H2,1-2H3,(H,11,12)/t6-,7?/m1/s1. The van der Waals surface area contributed by atoms with Crippen molar-refractivity contribution in [2.75, 3.05) is 6.61 Å². The number of carboxylic acids is 1. The molecule has 0 aromatic heterocycles. The van der Waals surface area contributed by atoms with E-state index >= 15 is 0 Å². The van der Waals surface area contributed by atoms with Crippen LogP contribution >= 0.6 is 0 Å². The van der Waals surface area contributed by atoms with Gasteiger partial charge in [0.1, 0.15) is 6.04 Å². The van der Waals surface area contributed by atoms with E-state index in [9.17, 15) is 4.79 Å². The van der Waals surface area contributed by atoms with Crippen molar-refractivity contribution >= 4 is 5.97 Å². The molecule has 0 fully saturated rings. The minimum Gasteiger partial charge on any atom is -0.480 e. The zero-order valence-corrected chi connectivity index (χ0v) is 7.58. The summed E-state index contributed by atoms with van der Waals surface area (Å²) in [5, 5.41) is 20.3. The van der Waals surface area contributed by atoms with Gasteiger partial charge < -0.3 is 10.2 Å². The maximum Gasteiger partial charge on any atom is 0.320 e. The van der Waals surface area contributed by atoms with Crippen LogP contribution in [0.5, 0.6) is 0 Å². The molecule has 0 saturated carbocycles. The molecule has 0 aliphatic rings. The maximum atomic E-state index is 10.6. The average molecular weight is 175 g/mol. The molecule has 0 heterocycles. The lowest BCUT2D eigenvalue weighted by Gasteiger charge is -2.18. The summed E-state index contributed by atoms with van der Waals surface area (Å²) in [4.78, 5) is 10.6. The van der Waals surface area contributed by atoms with Crippen LogP contribution < -0.4 is 5.32 Å². The Balaban J connectivity index is 3.91. The fourth-order valence-corrected chi connectivity index (χ4v) is 0.948. The van der Waals surface area contributed by atoms with E-state index in [4.69, 9.17) is 10.2 Å². The van der Waals surface area contributed by atoms with E-state index in [0.717, 1.165) is 6.42 Å². The fraction of sp³-hybridized carbons (Fsp3) is 0.875. The lowest BCUT2D eigenvalue weighted by molar-refractivity contribution is -0.139. The minimum atomic E-state index is -0.857. The number of aliphatic hydroxyl groups is 1. The second kappa shape index (κ2) is 5.97. The maximum absolute atomic E-state index is 10.6. The smallest absolute Gasteiger partial charge is 0.320 e. The second-order valence-corrected chi connectivity index (χ2v) is 2.75. The Hall–Kier alpha value is -0.610. The van der Waals surface area contributed by atoms with Crippen molar-refractivity contribution in [1.29, 1.82) is 0 Å². The van der Waals surface area contributed by atoms with Crippen LogP contribution in [0.1, 0.15) is 26.7 Å². The molecule has 0 bridgehead atoms. The number of carboxylic acid groups (broad SMARTS) is 1. The van der Waals surface area contributed by atoms with Crippen molar-refractivity contribution < 1.29 is 15.0 Å². The Morgan fingerprint density at radius 3 is 2.25 bits per heavy atom. The van der Waals surface area contributed by atoms with Gasteiger partial charge in [0.15, 0.2) is 0 Å². The normalized spacial score (nSPS) is 15.6. The Labute approximate surface area is 72.6 Å². The highest BCUT2D eigenvalue weighted by Crippen LogP contribution is 1.96. The zero-order valence-electron chi connectivity index (χ0n) is 7.58. The molecule has 0 aromatic rings. The summed E-state index contributed by atoms with van der Waals surface area (Å²) in [6.07, 6.45) is 1.27. The van der Waals surface area contributed by atoms with Crippen LogP contribution in [-0.2, 0) is 4.79 Å². The van der Waals surface area contributed by atoms with E-state index in [1.54, 1.807) is 6.92 Å². The summed E-state index contributed by atoms with van der Waals surface area (Å²) in [6.45, 7) is 3.69. The van der Waals surface area contributed by atoms with E-state index in [0.29, 0.717) is 6.42 Å². The Morgan fingerprint density at radius 2 is 2.00 bits per heavy atom. The van der Waals surface area contributed by atoms with Gasteiger partial charge in [0.2, 0.25) is 0 Å². The predicted molar refractivity (Wildman–Crippen MR) is 46.0 cm³/mol. The third kappa shape index (κ3) is 3.69. The fourth-order valence-electron chi connectivity index (χ4n) is 0.948. The van der Waals surface area contributed by atoms with Gasteiger partial charge in [0.25, 0.3) is 0 Å². The highest BCUT2D eigenvalue weighted by atomic mass is 16.4. The molecule has 0 aliphatic carbocycles. The summed E-state index contributed by atoms with van der Waals surface area (Å²) in [5.74, 6) is -0.857. The molecule has 2 atom stereocenters. The summed E-state index contributed by atoms with van der Waals surface area (Å²) in [7, 11) is 0. The van der Waals surface area contributed by atoms with Gasteiger partial charge in [0.05, 0.1) is 6.61 Å². The monoisotopic (exact) mass is 175 g/mol. The molecule has 4 heteroatoms. The molecule has 0 amide bonds. The van der Waals surface area contributed by atoms with Gasteiger partial charge in [-0.1, -0.05) is 13.8 Å². The van der Waals surface area contributed by atoms with E-state index in [2.05, 4.69) is 5.32 Å². The molecule has 0 radical (unpaired) electrons. The SMILES string of the molecule is CCC(N[C@H](CC)CO)C(=O)O. The van der Waals surface area contributed by atoms with Crippen molar-refractivity contribution in [3.05, 3.63) is 0 Å². The van der Waals surface area contributed by atoms with Gasteiger partial charge in [-0.3, -0.25) is 10.1 Å². The number of nitrogens with one attached hydrogen (secondary N) is 1. The molecular weight excluding hydrogens is 158 g/mol. The molecule has 0 rings (SSSR count). The minimum absolute atomic E-state index is 0.0136. The molecule has 0 aliphatic heterocycles. The van der Waals surface area contributed by atoms with Gasteiger partial charge >= 0.3 is 5.97 Å². The Kier molecular flexibility index (Phi) is 5.66. The summed E-state index contributed by atoms with van der Waals surface area (Å²) < 4.78 is 0. The summed E-state index contributed by atoms with van der Waals surface area (Å²) in [6, 6.07) is -0.645. The Bertz CT molecular complexity index is 134. The third-order valence-electron chi connectivity index (χ3n) is 1.86. The van der Waals surface area contributed by atoms with Gasteiger partial charge in [-0.2, -0.15) is 0 Å². The third-order valence-corrected chi connectivity index (χ3v) is 1.86. The van der Waals surface area contributed by atoms with Crippen molar-refractivity contribution in [2.24, 2.45) is 0 Å². The van der Waals surface area contributed by atoms with E-state index < -0.39 is 12.0 Å². The molecule has 0 saturated heterocycles. The first-order valence-corrected chi connectivity index (χ1v) is 4.25. The van der Waals surface area contributed by atoms with Gasteiger partial charge in [-0.25, -0.2) is 0 Å². The van der Waals surface area contributed by atoms with Crippen molar-refractivity contribution in [2.45, 2.75) is 38.8 Å². The van der Waals surface area contributed by atoms with Crippen LogP contribution in [0.15, 0.2) is 0 Å². The number of rotatable bonds is 6. The molecule has 4 nitrogen and oxygen atoms in total. The number of hydrogen-bond donors (Lipinski definition) is 3. The summed E-state index contributed by atoms with van der Waals surface area (Å²) >= 11 is 0. The topological polar surface area (TPSA) is 69.6 Å². The number of aliphatic carboxylic acids is 1. The van der Waals surface area contributed by atoms with Crippen LogP contribution in [-0.4, -0.2) is 34.9 Å². The second-order valence-electron chi connectivity index (χ2n) is 2.75. The quantitative estimate of drug-likeness (QED) is 0.539. The highest BCUT2D eigenvalue weighted by Gasteiger charge is 2.17. The van der Waals surface area contributed by atoms with Gasteiger partial charge in [-0.05, 0) is 12.8 Å². The van der Waals surface area contributed by atoms with E-state index in [-0.39, 0.29) is 12.6 Å². The van der Waals surface area contributed by atoms with Crippen LogP contribution in [0.25, 0.3) is 0 Å². The lowest BCUT2D eigenvalue weighted by atomic mass is 10.1. The number of carbonyl (C=O) groups is 1. The molecular formula is C8H17NO3. The molecule has 0 aromatic carbocycles. The van der Waals surface area contributed by atoms with Gasteiger partial charge in [0, 0.05) is 6.04 Å². The zero-order chi connectivity index (χ0) is 9.56. The van der Waals surface area contributed by atoms with Crippen LogP contribution in [0.2, 0.25) is 0 Å². The predicted octanol–water partition coefficient (Wildman–Crippen LogP) is 0.210. The van der Waals surface area contributed by atoms with Crippen LogP contribution in [0, 0.1) is 0 Å². The molecule has 12 heavy (non-hydrogen) atoms. The average Bonchev–Trinajstić information content (AvgIpc) is 2.06. The number of aliphatic hydroxyl groups excluding tert-OH is 1. The highest BCUT2D eigenvalue weighted by molar-refractivity contribution is 5.73. The largest absolute Gasteiger partial charge is 0.480 e. The van der Waals surface area contributed by atoms with Crippen LogP contribution in [0.3, 0.4) is 0 Å². The van der Waals surface area contributed by atoms with Crippen LogP contribution in [0.4, 0.5) is 0 Å². The molecule has 0 spiro atoms. The molecule has 1 unspecified atom stereocenters. The lowest BCUT2D eigenvalue weighted by Crippen LogP contribution is -2.44. The first-order valence-electron chi connectivity index (χ1n) is 4.25. The van der Waals surface area contributed by atoms with Crippen molar-refractivity contribution in [3.63, 3.8) is 0 Å².